The summed E-state index contributed by atoms with van der Waals surface area (Å²) in [4.78, 5) is 13.7. The lowest BCUT2D eigenvalue weighted by Gasteiger charge is -2.27. The van der Waals surface area contributed by atoms with Crippen LogP contribution in [-0.4, -0.2) is 32.1 Å². The largest absolute Gasteiger partial charge is 0.379 e. The van der Waals surface area contributed by atoms with E-state index in [2.05, 4.69) is 11.8 Å². The van der Waals surface area contributed by atoms with Gasteiger partial charge in [0.05, 0.1) is 11.5 Å². The first-order valence-corrected chi connectivity index (χ1v) is 6.07. The summed E-state index contributed by atoms with van der Waals surface area (Å²) in [6, 6.07) is 2.35. The highest BCUT2D eigenvalue weighted by molar-refractivity contribution is 7.12. The fourth-order valence-electron chi connectivity index (χ4n) is 1.84. The van der Waals surface area contributed by atoms with Crippen molar-refractivity contribution in [2.75, 3.05) is 24.7 Å². The zero-order valence-corrected chi connectivity index (χ0v) is 9.63. The molecule has 0 saturated carbocycles. The number of anilines is 1. The van der Waals surface area contributed by atoms with Gasteiger partial charge in [-0.2, -0.15) is 0 Å². The summed E-state index contributed by atoms with van der Waals surface area (Å²) in [7, 11) is 0. The first-order chi connectivity index (χ1) is 7.31. The minimum atomic E-state index is 0.390. The first kappa shape index (κ1) is 10.6. The molecule has 1 aliphatic rings. The molecule has 82 valence electrons. The highest BCUT2D eigenvalue weighted by Crippen LogP contribution is 2.25. The molecule has 0 aliphatic carbocycles. The number of ether oxygens (including phenoxy) is 1. The molecule has 1 fully saturated rings. The molecule has 1 saturated heterocycles. The normalized spacial score (nSPS) is 22.5. The Hall–Kier alpha value is -0.870. The van der Waals surface area contributed by atoms with Gasteiger partial charge < -0.3 is 9.64 Å². The quantitative estimate of drug-likeness (QED) is 0.722. The Morgan fingerprint density at radius 1 is 1.67 bits per heavy atom. The Morgan fingerprint density at radius 2 is 2.53 bits per heavy atom. The Bertz CT molecular complexity index is 337. The Labute approximate surface area is 93.7 Å². The number of aldehydes is 1. The number of hydrogen-bond donors (Lipinski definition) is 0. The van der Waals surface area contributed by atoms with Gasteiger partial charge >= 0.3 is 0 Å². The van der Waals surface area contributed by atoms with Crippen molar-refractivity contribution < 1.29 is 9.53 Å². The van der Waals surface area contributed by atoms with E-state index in [9.17, 15) is 4.79 Å². The lowest BCUT2D eigenvalue weighted by molar-refractivity contribution is 0.112. The van der Waals surface area contributed by atoms with E-state index < -0.39 is 0 Å². The van der Waals surface area contributed by atoms with Crippen LogP contribution in [0.4, 0.5) is 5.69 Å². The van der Waals surface area contributed by atoms with Crippen molar-refractivity contribution in [1.82, 2.24) is 0 Å². The third-order valence-corrected chi connectivity index (χ3v) is 3.48. The van der Waals surface area contributed by atoms with Gasteiger partial charge in [-0.3, -0.25) is 4.79 Å². The van der Waals surface area contributed by atoms with Crippen LogP contribution in [0, 0.1) is 0 Å². The number of nitrogens with zero attached hydrogens (tertiary/aromatic N) is 1. The fraction of sp³-hybridized carbons (Fsp3) is 0.545. The molecule has 2 heterocycles. The summed E-state index contributed by atoms with van der Waals surface area (Å²) in [6.45, 7) is 4.78. The number of carbonyl (C=O) groups is 1. The van der Waals surface area contributed by atoms with E-state index in [-0.39, 0.29) is 0 Å². The second kappa shape index (κ2) is 4.77. The highest BCUT2D eigenvalue weighted by Gasteiger charge is 2.18. The molecule has 0 bridgehead atoms. The Kier molecular flexibility index (Phi) is 3.38. The van der Waals surface area contributed by atoms with Gasteiger partial charge in [0.15, 0.2) is 6.29 Å². The van der Waals surface area contributed by atoms with E-state index in [1.54, 1.807) is 0 Å². The van der Waals surface area contributed by atoms with Crippen LogP contribution in [0.15, 0.2) is 11.4 Å². The predicted octanol–water partition coefficient (Wildman–Crippen LogP) is 2.18. The molecule has 1 aromatic rings. The zero-order chi connectivity index (χ0) is 10.7. The summed E-state index contributed by atoms with van der Waals surface area (Å²) in [5.41, 5.74) is 1.15. The molecular formula is C11H15NO2S. The molecule has 15 heavy (non-hydrogen) atoms. The smallest absolute Gasteiger partial charge is 0.160 e. The number of carbonyl (C=O) groups excluding carboxylic acids is 1. The van der Waals surface area contributed by atoms with Crippen LogP contribution in [-0.2, 0) is 4.74 Å². The SMILES string of the molecule is CC1COCCCN1c1csc(C=O)c1. The van der Waals surface area contributed by atoms with E-state index in [1.807, 2.05) is 11.4 Å². The van der Waals surface area contributed by atoms with Crippen molar-refractivity contribution in [2.45, 2.75) is 19.4 Å². The van der Waals surface area contributed by atoms with Crippen molar-refractivity contribution in [3.8, 4) is 0 Å². The molecule has 0 radical (unpaired) electrons. The van der Waals surface area contributed by atoms with E-state index >= 15 is 0 Å². The van der Waals surface area contributed by atoms with Gasteiger partial charge in [0.2, 0.25) is 0 Å². The van der Waals surface area contributed by atoms with Gasteiger partial charge in [0.1, 0.15) is 0 Å². The highest BCUT2D eigenvalue weighted by atomic mass is 32.1. The molecule has 0 N–H and O–H groups in total. The molecule has 1 unspecified atom stereocenters. The average Bonchev–Trinajstić information content (AvgIpc) is 2.62. The van der Waals surface area contributed by atoms with Crippen LogP contribution >= 0.6 is 11.3 Å². The number of rotatable bonds is 2. The molecule has 1 aliphatic heterocycles. The summed E-state index contributed by atoms with van der Waals surface area (Å²) >= 11 is 1.50. The van der Waals surface area contributed by atoms with Gasteiger partial charge in [0, 0.05) is 30.3 Å². The monoisotopic (exact) mass is 225 g/mol. The average molecular weight is 225 g/mol. The maximum atomic E-state index is 10.6. The number of thiophene rings is 1. The molecule has 4 heteroatoms. The zero-order valence-electron chi connectivity index (χ0n) is 8.81. The Morgan fingerprint density at radius 3 is 3.27 bits per heavy atom. The molecule has 1 aromatic heterocycles. The Balaban J connectivity index is 2.16. The van der Waals surface area contributed by atoms with Crippen LogP contribution in [0.1, 0.15) is 23.0 Å². The molecule has 1 atom stereocenters. The lowest BCUT2D eigenvalue weighted by Crippen LogP contribution is -2.34. The maximum absolute atomic E-state index is 10.6. The molecule has 2 rings (SSSR count). The van der Waals surface area contributed by atoms with Crippen molar-refractivity contribution in [2.24, 2.45) is 0 Å². The third-order valence-electron chi connectivity index (χ3n) is 2.63. The van der Waals surface area contributed by atoms with Crippen molar-refractivity contribution in [1.29, 1.82) is 0 Å². The number of hydrogen-bond acceptors (Lipinski definition) is 4. The van der Waals surface area contributed by atoms with Gasteiger partial charge in [-0.1, -0.05) is 0 Å². The van der Waals surface area contributed by atoms with Gasteiger partial charge in [-0.05, 0) is 19.4 Å². The topological polar surface area (TPSA) is 29.5 Å². The van der Waals surface area contributed by atoms with Crippen molar-refractivity contribution >= 4 is 23.3 Å². The molecule has 0 amide bonds. The minimum Gasteiger partial charge on any atom is -0.379 e. The van der Waals surface area contributed by atoms with Crippen LogP contribution < -0.4 is 4.90 Å². The molecule has 0 spiro atoms. The van der Waals surface area contributed by atoms with E-state index in [0.717, 1.165) is 43.0 Å². The summed E-state index contributed by atoms with van der Waals surface area (Å²) < 4.78 is 5.48. The van der Waals surface area contributed by atoms with Crippen molar-refractivity contribution in [3.05, 3.63) is 16.3 Å². The van der Waals surface area contributed by atoms with Crippen LogP contribution in [0.3, 0.4) is 0 Å². The van der Waals surface area contributed by atoms with Gasteiger partial charge in [0.25, 0.3) is 0 Å². The maximum Gasteiger partial charge on any atom is 0.160 e. The fourth-order valence-corrected chi connectivity index (χ4v) is 2.54. The standard InChI is InChI=1S/C11H15NO2S/c1-9-7-14-4-2-3-12(9)10-5-11(6-13)15-8-10/h5-6,8-9H,2-4,7H2,1H3. The van der Waals surface area contributed by atoms with E-state index in [1.165, 1.54) is 11.3 Å². The molecule has 0 aromatic carbocycles. The summed E-state index contributed by atoms with van der Waals surface area (Å²) in [5, 5.41) is 2.05. The summed E-state index contributed by atoms with van der Waals surface area (Å²) in [6.07, 6.45) is 1.96. The lowest BCUT2D eigenvalue weighted by atomic mass is 10.2. The van der Waals surface area contributed by atoms with Crippen LogP contribution in [0.2, 0.25) is 0 Å². The summed E-state index contributed by atoms with van der Waals surface area (Å²) in [5.74, 6) is 0. The second-order valence-corrected chi connectivity index (χ2v) is 4.74. The van der Waals surface area contributed by atoms with Gasteiger partial charge in [-0.25, -0.2) is 0 Å². The van der Waals surface area contributed by atoms with Crippen LogP contribution in [0.5, 0.6) is 0 Å². The van der Waals surface area contributed by atoms with E-state index in [4.69, 9.17) is 4.74 Å². The van der Waals surface area contributed by atoms with Gasteiger partial charge in [-0.15, -0.1) is 11.3 Å². The van der Waals surface area contributed by atoms with E-state index in [0.29, 0.717) is 6.04 Å². The third kappa shape index (κ3) is 2.38. The first-order valence-electron chi connectivity index (χ1n) is 5.19. The second-order valence-electron chi connectivity index (χ2n) is 3.80. The predicted molar refractivity (Wildman–Crippen MR) is 62.0 cm³/mol. The van der Waals surface area contributed by atoms with Crippen LogP contribution in [0.25, 0.3) is 0 Å². The minimum absolute atomic E-state index is 0.390. The molecule has 3 nitrogen and oxygen atoms in total. The molecular weight excluding hydrogens is 210 g/mol. The van der Waals surface area contributed by atoms with Crippen molar-refractivity contribution in [3.63, 3.8) is 0 Å².